The van der Waals surface area contributed by atoms with Crippen LogP contribution in [0.25, 0.3) is 0 Å². The van der Waals surface area contributed by atoms with Crippen LogP contribution < -0.4 is 9.64 Å². The number of piperazine rings is 1. The molecule has 6 heteroatoms. The van der Waals surface area contributed by atoms with Gasteiger partial charge >= 0.3 is 0 Å². The lowest BCUT2D eigenvalue weighted by atomic mass is 10.1. The normalized spacial score (nSPS) is 20.9. The molecule has 0 unspecified atom stereocenters. The molecule has 0 aromatic heterocycles. The molecule has 0 bridgehead atoms. The van der Waals surface area contributed by atoms with Gasteiger partial charge < -0.3 is 14.4 Å². The summed E-state index contributed by atoms with van der Waals surface area (Å²) in [5, 5.41) is 0. The Morgan fingerprint density at radius 1 is 1.25 bits per heavy atom. The van der Waals surface area contributed by atoms with Crippen molar-refractivity contribution in [3.8, 4) is 5.75 Å². The average molecular weight is 392 g/mol. The highest BCUT2D eigenvalue weighted by atomic mass is 127. The predicted molar refractivity (Wildman–Crippen MR) is 84.2 cm³/mol. The molecule has 2 heterocycles. The minimum atomic E-state index is -0.192. The molecule has 1 aromatic carbocycles. The largest absolute Gasteiger partial charge is 0.485 e. The summed E-state index contributed by atoms with van der Waals surface area (Å²) in [6, 6.07) is 3.42. The molecule has 0 atom stereocenters. The number of nitrogens with zero attached hydrogens (tertiary/aromatic N) is 2. The molecule has 2 aliphatic heterocycles. The van der Waals surface area contributed by atoms with E-state index in [9.17, 15) is 4.39 Å². The molecule has 20 heavy (non-hydrogen) atoms. The zero-order chi connectivity index (χ0) is 14.1. The van der Waals surface area contributed by atoms with E-state index in [2.05, 4.69) is 30.9 Å². The second-order valence-corrected chi connectivity index (χ2v) is 6.61. The van der Waals surface area contributed by atoms with Crippen molar-refractivity contribution in [3.05, 3.63) is 23.5 Å². The average Bonchev–Trinajstić information content (AvgIpc) is 2.35. The van der Waals surface area contributed by atoms with Crippen molar-refractivity contribution in [2.24, 2.45) is 0 Å². The Morgan fingerprint density at radius 2 is 1.95 bits per heavy atom. The lowest BCUT2D eigenvalue weighted by Gasteiger charge is -2.34. The van der Waals surface area contributed by atoms with Crippen molar-refractivity contribution in [1.82, 2.24) is 3.11 Å². The number of hydrogen-bond acceptors (Lipinski definition) is 4. The fourth-order valence-corrected chi connectivity index (χ4v) is 2.99. The molecular formula is C14H18FIN2O2. The lowest BCUT2D eigenvalue weighted by molar-refractivity contribution is -0.0797. The Balaban J connectivity index is 1.77. The number of benzene rings is 1. The van der Waals surface area contributed by atoms with Gasteiger partial charge in [-0.3, -0.25) is 0 Å². The molecule has 2 fully saturated rings. The summed E-state index contributed by atoms with van der Waals surface area (Å²) in [7, 11) is 0. The second kappa shape index (κ2) is 6.03. The highest BCUT2D eigenvalue weighted by Crippen LogP contribution is 2.30. The third-order valence-electron chi connectivity index (χ3n) is 3.68. The topological polar surface area (TPSA) is 24.9 Å². The molecule has 0 N–H and O–H groups in total. The van der Waals surface area contributed by atoms with Gasteiger partial charge in [0.15, 0.2) is 0 Å². The van der Waals surface area contributed by atoms with Gasteiger partial charge in [0.25, 0.3) is 0 Å². The molecule has 110 valence electrons. The van der Waals surface area contributed by atoms with Crippen LogP contribution in [0.3, 0.4) is 0 Å². The van der Waals surface area contributed by atoms with E-state index >= 15 is 0 Å². The van der Waals surface area contributed by atoms with E-state index in [0.29, 0.717) is 24.7 Å². The molecule has 0 amide bonds. The van der Waals surface area contributed by atoms with Gasteiger partial charge in [0.1, 0.15) is 17.7 Å². The van der Waals surface area contributed by atoms with Crippen LogP contribution in [0.1, 0.15) is 5.56 Å². The maximum absolute atomic E-state index is 14.4. The fourth-order valence-electron chi connectivity index (χ4n) is 2.55. The van der Waals surface area contributed by atoms with Gasteiger partial charge in [0.05, 0.1) is 18.9 Å². The first-order valence-corrected chi connectivity index (χ1v) is 7.80. The number of anilines is 1. The van der Waals surface area contributed by atoms with Crippen molar-refractivity contribution >= 4 is 28.6 Å². The Labute approximate surface area is 132 Å². The maximum atomic E-state index is 14.4. The highest BCUT2D eigenvalue weighted by molar-refractivity contribution is 14.1. The first-order chi connectivity index (χ1) is 9.63. The number of halogens is 2. The first-order valence-electron chi connectivity index (χ1n) is 6.83. The van der Waals surface area contributed by atoms with Crippen LogP contribution in [-0.4, -0.2) is 48.6 Å². The summed E-state index contributed by atoms with van der Waals surface area (Å²) in [5.74, 6) is 0.409. The Bertz CT molecular complexity index is 465. The summed E-state index contributed by atoms with van der Waals surface area (Å²) >= 11 is 2.31. The van der Waals surface area contributed by atoms with Gasteiger partial charge in [-0.05, 0) is 18.6 Å². The second-order valence-electron chi connectivity index (χ2n) is 5.24. The van der Waals surface area contributed by atoms with Crippen LogP contribution >= 0.6 is 22.9 Å². The first kappa shape index (κ1) is 14.3. The van der Waals surface area contributed by atoms with Crippen LogP contribution in [0.5, 0.6) is 5.75 Å². The zero-order valence-electron chi connectivity index (χ0n) is 11.4. The summed E-state index contributed by atoms with van der Waals surface area (Å²) < 4.78 is 27.4. The van der Waals surface area contributed by atoms with E-state index in [-0.39, 0.29) is 11.9 Å². The number of hydrogen-bond donors (Lipinski definition) is 0. The predicted octanol–water partition coefficient (Wildman–Crippen LogP) is 2.38. The Morgan fingerprint density at radius 3 is 2.50 bits per heavy atom. The van der Waals surface area contributed by atoms with Crippen molar-refractivity contribution < 1.29 is 13.9 Å². The van der Waals surface area contributed by atoms with E-state index in [1.165, 1.54) is 6.07 Å². The van der Waals surface area contributed by atoms with Crippen LogP contribution in [0.4, 0.5) is 10.1 Å². The summed E-state index contributed by atoms with van der Waals surface area (Å²) in [5.41, 5.74) is 1.65. The number of rotatable bonds is 3. The Hall–Kier alpha value is -0.600. The van der Waals surface area contributed by atoms with E-state index in [1.54, 1.807) is 0 Å². The fraction of sp³-hybridized carbons (Fsp3) is 0.571. The molecule has 3 rings (SSSR count). The van der Waals surface area contributed by atoms with E-state index < -0.39 is 0 Å². The molecule has 4 nitrogen and oxygen atoms in total. The van der Waals surface area contributed by atoms with Gasteiger partial charge in [0.2, 0.25) is 0 Å². The van der Waals surface area contributed by atoms with E-state index in [4.69, 9.17) is 9.47 Å². The number of aryl methyl sites for hydroxylation is 1. The van der Waals surface area contributed by atoms with Gasteiger partial charge in [0, 0.05) is 55.1 Å². The molecule has 2 saturated heterocycles. The summed E-state index contributed by atoms with van der Waals surface area (Å²) in [6.45, 7) is 6.77. The molecule has 0 aliphatic carbocycles. The molecule has 0 radical (unpaired) electrons. The van der Waals surface area contributed by atoms with Gasteiger partial charge in [-0.15, -0.1) is 0 Å². The van der Waals surface area contributed by atoms with Crippen LogP contribution in [0.15, 0.2) is 12.1 Å². The lowest BCUT2D eigenvalue weighted by Crippen LogP contribution is -2.43. The standard InChI is InChI=1S/C14H18FIN2O2/c1-10-6-11(20-12-8-19-9-12)7-13(15)14(10)17-2-4-18(16)5-3-17/h6-7,12H,2-5,8-9H2,1H3. The molecular weight excluding hydrogens is 374 g/mol. The van der Waals surface area contributed by atoms with Gasteiger partial charge in [-0.1, -0.05) is 0 Å². The van der Waals surface area contributed by atoms with Crippen molar-refractivity contribution in [1.29, 1.82) is 0 Å². The quantitative estimate of drug-likeness (QED) is 0.583. The third kappa shape index (κ3) is 3.01. The number of ether oxygens (including phenoxy) is 2. The highest BCUT2D eigenvalue weighted by Gasteiger charge is 2.23. The van der Waals surface area contributed by atoms with Crippen LogP contribution in [-0.2, 0) is 4.74 Å². The van der Waals surface area contributed by atoms with Crippen LogP contribution in [0.2, 0.25) is 0 Å². The summed E-state index contributed by atoms with van der Waals surface area (Å²) in [4.78, 5) is 2.12. The molecule has 1 aromatic rings. The SMILES string of the molecule is Cc1cc(OC2COC2)cc(F)c1N1CCN(I)CC1. The van der Waals surface area contributed by atoms with Crippen molar-refractivity contribution in [2.45, 2.75) is 13.0 Å². The zero-order valence-corrected chi connectivity index (χ0v) is 13.6. The summed E-state index contributed by atoms with van der Waals surface area (Å²) in [6.07, 6.45) is 0.0715. The molecule has 0 spiro atoms. The molecule has 0 saturated carbocycles. The molecule has 2 aliphatic rings. The maximum Gasteiger partial charge on any atom is 0.150 e. The third-order valence-corrected chi connectivity index (χ3v) is 4.64. The smallest absolute Gasteiger partial charge is 0.150 e. The van der Waals surface area contributed by atoms with Crippen molar-refractivity contribution in [2.75, 3.05) is 44.3 Å². The minimum Gasteiger partial charge on any atom is -0.485 e. The van der Waals surface area contributed by atoms with Crippen molar-refractivity contribution in [3.63, 3.8) is 0 Å². The van der Waals surface area contributed by atoms with Gasteiger partial charge in [-0.25, -0.2) is 7.50 Å². The monoisotopic (exact) mass is 392 g/mol. The minimum absolute atomic E-state index is 0.0715. The van der Waals surface area contributed by atoms with Crippen LogP contribution in [0, 0.1) is 12.7 Å². The Kier molecular flexibility index (Phi) is 4.32. The van der Waals surface area contributed by atoms with E-state index in [0.717, 1.165) is 31.7 Å². The van der Waals surface area contributed by atoms with Gasteiger partial charge in [-0.2, -0.15) is 0 Å². The van der Waals surface area contributed by atoms with E-state index in [1.807, 2.05) is 13.0 Å².